The molecule has 3 heterocycles. The van der Waals surface area contributed by atoms with E-state index in [2.05, 4.69) is 30.9 Å². The lowest BCUT2D eigenvalue weighted by atomic mass is 10.2. The average Bonchev–Trinajstić information content (AvgIpc) is 3.45. The number of nitrogens with zero attached hydrogens (tertiary/aromatic N) is 3. The van der Waals surface area contributed by atoms with Crippen LogP contribution in [0, 0.1) is 0 Å². The summed E-state index contributed by atoms with van der Waals surface area (Å²) in [6.45, 7) is 0.712. The zero-order valence-electron chi connectivity index (χ0n) is 16.8. The van der Waals surface area contributed by atoms with Gasteiger partial charge in [-0.05, 0) is 30.3 Å². The summed E-state index contributed by atoms with van der Waals surface area (Å²) < 4.78 is 0.693. The highest BCUT2D eigenvalue weighted by molar-refractivity contribution is 7.22. The van der Waals surface area contributed by atoms with E-state index < -0.39 is 0 Å². The van der Waals surface area contributed by atoms with Crippen LogP contribution in [-0.4, -0.2) is 46.9 Å². The molecule has 0 saturated heterocycles. The highest BCUT2D eigenvalue weighted by Crippen LogP contribution is 2.33. The Morgan fingerprint density at radius 2 is 1.97 bits per heavy atom. The maximum Gasteiger partial charge on any atom is 0.267 e. The molecule has 32 heavy (non-hydrogen) atoms. The number of nitrogens with two attached hydrogens (primary N) is 1. The Balaban J connectivity index is 1.53. The van der Waals surface area contributed by atoms with Gasteiger partial charge < -0.3 is 16.4 Å². The van der Waals surface area contributed by atoms with Gasteiger partial charge in [-0.15, -0.1) is 11.3 Å². The molecule has 0 spiro atoms. The number of benzene rings is 1. The zero-order valence-corrected chi connectivity index (χ0v) is 19.2. The fourth-order valence-electron chi connectivity index (χ4n) is 2.83. The molecule has 0 radical (unpaired) electrons. The number of amides is 2. The molecule has 0 fully saturated rings. The Bertz CT molecular complexity index is 1300. The highest BCUT2D eigenvalue weighted by atomic mass is 35.5. The van der Waals surface area contributed by atoms with Crippen LogP contribution in [0.5, 0.6) is 0 Å². The van der Waals surface area contributed by atoms with E-state index in [4.69, 9.17) is 17.3 Å². The van der Waals surface area contributed by atoms with Crippen LogP contribution in [0.2, 0.25) is 5.02 Å². The molecule has 2 amide bonds. The minimum absolute atomic E-state index is 0.268. The molecule has 0 bridgehead atoms. The molecule has 12 heteroatoms. The minimum atomic E-state index is -0.291. The van der Waals surface area contributed by atoms with Crippen LogP contribution < -0.4 is 21.7 Å². The minimum Gasteiger partial charge on any atom is -0.357 e. The molecule has 4 aromatic rings. The van der Waals surface area contributed by atoms with Gasteiger partial charge in [0.2, 0.25) is 5.95 Å². The first-order valence-corrected chi connectivity index (χ1v) is 11.5. The van der Waals surface area contributed by atoms with Gasteiger partial charge >= 0.3 is 0 Å². The molecule has 0 aliphatic rings. The first-order chi connectivity index (χ1) is 15.5. The first kappa shape index (κ1) is 22.1. The van der Waals surface area contributed by atoms with Gasteiger partial charge in [0.15, 0.2) is 5.13 Å². The largest absolute Gasteiger partial charge is 0.357 e. The SMILES string of the molecule is CNc1nccc(-c2ccc(C(=O)Nc3nc4c(Cl)cc(C(=O)NCCN)cc4s3)s2)n1. The topological polar surface area (TPSA) is 135 Å². The summed E-state index contributed by atoms with van der Waals surface area (Å²) in [5.74, 6) is -0.0555. The number of fused-ring (bicyclic) bond motifs is 1. The van der Waals surface area contributed by atoms with Crippen molar-refractivity contribution in [2.75, 3.05) is 30.8 Å². The second kappa shape index (κ2) is 9.57. The van der Waals surface area contributed by atoms with Crippen LogP contribution >= 0.6 is 34.3 Å². The standard InChI is InChI=1S/C20H18ClN7O2S2/c1-23-19-25-6-4-12(26-19)13-2-3-14(31-13)18(30)28-20-27-16-11(21)8-10(9-15(16)32-20)17(29)24-7-5-22/h2-4,6,8-9H,5,7,22H2,1H3,(H,24,29)(H,23,25,26)(H,27,28,30). The number of carbonyl (C=O) groups is 2. The van der Waals surface area contributed by atoms with Crippen molar-refractivity contribution in [1.29, 1.82) is 0 Å². The van der Waals surface area contributed by atoms with E-state index in [1.54, 1.807) is 37.5 Å². The number of hydrogen-bond donors (Lipinski definition) is 4. The van der Waals surface area contributed by atoms with Crippen molar-refractivity contribution in [2.24, 2.45) is 5.73 Å². The number of hydrogen-bond acceptors (Lipinski definition) is 9. The Morgan fingerprint density at radius 1 is 1.12 bits per heavy atom. The predicted molar refractivity (Wildman–Crippen MR) is 129 cm³/mol. The third kappa shape index (κ3) is 4.70. The summed E-state index contributed by atoms with van der Waals surface area (Å²) in [5, 5.41) is 9.12. The quantitative estimate of drug-likeness (QED) is 0.313. The number of nitrogens with one attached hydrogen (secondary N) is 3. The summed E-state index contributed by atoms with van der Waals surface area (Å²) in [5.41, 5.74) is 7.08. The summed E-state index contributed by atoms with van der Waals surface area (Å²) in [4.78, 5) is 39.2. The smallest absolute Gasteiger partial charge is 0.267 e. The Labute approximate surface area is 196 Å². The molecular weight excluding hydrogens is 470 g/mol. The summed E-state index contributed by atoms with van der Waals surface area (Å²) in [6, 6.07) is 8.59. The third-order valence-corrected chi connectivity index (χ3v) is 6.63. The van der Waals surface area contributed by atoms with Gasteiger partial charge in [-0.2, -0.15) is 0 Å². The lowest BCUT2D eigenvalue weighted by Crippen LogP contribution is -2.28. The van der Waals surface area contributed by atoms with Gasteiger partial charge in [-0.3, -0.25) is 14.9 Å². The molecule has 0 saturated carbocycles. The summed E-state index contributed by atoms with van der Waals surface area (Å²) >= 11 is 8.87. The molecule has 3 aromatic heterocycles. The zero-order chi connectivity index (χ0) is 22.7. The second-order valence-corrected chi connectivity index (χ2v) is 9.02. The van der Waals surface area contributed by atoms with E-state index in [-0.39, 0.29) is 11.8 Å². The van der Waals surface area contributed by atoms with Gasteiger partial charge in [0.05, 0.1) is 25.2 Å². The van der Waals surface area contributed by atoms with E-state index in [0.717, 1.165) is 10.6 Å². The number of carbonyl (C=O) groups excluding carboxylic acids is 2. The lowest BCUT2D eigenvalue weighted by molar-refractivity contribution is 0.0954. The average molecular weight is 488 g/mol. The molecule has 164 valence electrons. The molecule has 0 atom stereocenters. The van der Waals surface area contributed by atoms with E-state index in [1.165, 1.54) is 22.7 Å². The highest BCUT2D eigenvalue weighted by Gasteiger charge is 2.17. The predicted octanol–water partition coefficient (Wildman–Crippen LogP) is 3.45. The molecular formula is C20H18ClN7O2S2. The van der Waals surface area contributed by atoms with E-state index in [0.29, 0.717) is 49.8 Å². The van der Waals surface area contributed by atoms with Gasteiger partial charge in [-0.1, -0.05) is 22.9 Å². The van der Waals surface area contributed by atoms with Crippen LogP contribution in [0.15, 0.2) is 36.5 Å². The summed E-state index contributed by atoms with van der Waals surface area (Å²) in [6.07, 6.45) is 1.66. The molecule has 0 unspecified atom stereocenters. The van der Waals surface area contributed by atoms with Crippen molar-refractivity contribution >= 4 is 67.4 Å². The van der Waals surface area contributed by atoms with Crippen molar-refractivity contribution in [1.82, 2.24) is 20.3 Å². The van der Waals surface area contributed by atoms with Gasteiger partial charge in [-0.25, -0.2) is 15.0 Å². The van der Waals surface area contributed by atoms with E-state index >= 15 is 0 Å². The normalized spacial score (nSPS) is 10.8. The number of thiazole rings is 1. The third-order valence-electron chi connectivity index (χ3n) is 4.32. The number of halogens is 1. The van der Waals surface area contributed by atoms with Crippen LogP contribution in [0.4, 0.5) is 11.1 Å². The Kier molecular flexibility index (Phi) is 6.61. The molecule has 9 nitrogen and oxygen atoms in total. The monoisotopic (exact) mass is 487 g/mol. The maximum absolute atomic E-state index is 12.7. The molecule has 5 N–H and O–H groups in total. The van der Waals surface area contributed by atoms with Crippen LogP contribution in [-0.2, 0) is 0 Å². The number of thiophene rings is 1. The number of rotatable bonds is 7. The summed E-state index contributed by atoms with van der Waals surface area (Å²) in [7, 11) is 1.74. The lowest BCUT2D eigenvalue weighted by Gasteiger charge is -2.04. The van der Waals surface area contributed by atoms with Crippen LogP contribution in [0.3, 0.4) is 0 Å². The van der Waals surface area contributed by atoms with Crippen molar-refractivity contribution in [2.45, 2.75) is 0 Å². The molecule has 0 aliphatic carbocycles. The van der Waals surface area contributed by atoms with Crippen molar-refractivity contribution in [3.63, 3.8) is 0 Å². The van der Waals surface area contributed by atoms with E-state index in [9.17, 15) is 9.59 Å². The van der Waals surface area contributed by atoms with E-state index in [1.807, 2.05) is 6.07 Å². The number of aromatic nitrogens is 3. The maximum atomic E-state index is 12.7. The van der Waals surface area contributed by atoms with Gasteiger partial charge in [0, 0.05) is 31.9 Å². The van der Waals surface area contributed by atoms with Crippen molar-refractivity contribution < 1.29 is 9.59 Å². The Morgan fingerprint density at radius 3 is 2.75 bits per heavy atom. The molecule has 4 rings (SSSR count). The fraction of sp³-hybridized carbons (Fsp3) is 0.150. The second-order valence-electron chi connectivity index (χ2n) is 6.50. The van der Waals surface area contributed by atoms with Gasteiger partial charge in [0.1, 0.15) is 5.52 Å². The van der Waals surface area contributed by atoms with Crippen LogP contribution in [0.25, 0.3) is 20.8 Å². The van der Waals surface area contributed by atoms with Crippen molar-refractivity contribution in [3.05, 3.63) is 52.0 Å². The van der Waals surface area contributed by atoms with Crippen LogP contribution in [0.1, 0.15) is 20.0 Å². The molecule has 1 aromatic carbocycles. The number of anilines is 2. The Hall–Kier alpha value is -3.12. The van der Waals surface area contributed by atoms with Crippen molar-refractivity contribution in [3.8, 4) is 10.6 Å². The van der Waals surface area contributed by atoms with Gasteiger partial charge in [0.25, 0.3) is 11.8 Å². The first-order valence-electron chi connectivity index (χ1n) is 9.49. The molecule has 0 aliphatic heterocycles. The fourth-order valence-corrected chi connectivity index (χ4v) is 4.95.